The zero-order valence-electron chi connectivity index (χ0n) is 22.8. The molecular formula is C26H32F3N7O4. The van der Waals surface area contributed by atoms with E-state index in [1.807, 2.05) is 38.2 Å². The monoisotopic (exact) mass is 563 g/mol. The zero-order chi connectivity index (χ0) is 29.2. The van der Waals surface area contributed by atoms with Crippen LogP contribution in [0.1, 0.15) is 32.1 Å². The number of nitrogens with one attached hydrogen (secondary N) is 2. The fraction of sp³-hybridized carbons (Fsp3) is 0.500. The number of rotatable bonds is 9. The maximum absolute atomic E-state index is 13.4. The number of halogens is 3. The Kier molecular flexibility index (Phi) is 8.47. The molecule has 216 valence electrons. The molecule has 11 nitrogen and oxygen atoms in total. The van der Waals surface area contributed by atoms with E-state index in [2.05, 4.69) is 20.3 Å². The maximum atomic E-state index is 13.4. The van der Waals surface area contributed by atoms with Gasteiger partial charge < -0.3 is 25.0 Å². The zero-order valence-corrected chi connectivity index (χ0v) is 22.8. The Morgan fingerprint density at radius 1 is 1.18 bits per heavy atom. The molecule has 14 heteroatoms. The number of hydrogen-bond acceptors (Lipinski definition) is 8. The molecule has 2 N–H and O–H groups in total. The van der Waals surface area contributed by atoms with Crippen LogP contribution in [0, 0.1) is 5.92 Å². The topological polar surface area (TPSA) is 124 Å². The van der Waals surface area contributed by atoms with E-state index in [1.54, 1.807) is 35.2 Å². The average Bonchev–Trinajstić information content (AvgIpc) is 3.48. The number of amides is 2. The largest absolute Gasteiger partial charge is 0.497 e. The molecule has 0 saturated carbocycles. The van der Waals surface area contributed by atoms with Gasteiger partial charge in [0.2, 0.25) is 5.91 Å². The highest BCUT2D eigenvalue weighted by molar-refractivity contribution is 5.90. The molecule has 4 rings (SSSR count). The number of anilines is 1. The molecule has 2 aromatic heterocycles. The van der Waals surface area contributed by atoms with Crippen molar-refractivity contribution >= 4 is 28.8 Å². The van der Waals surface area contributed by atoms with Crippen LogP contribution < -0.4 is 20.3 Å². The van der Waals surface area contributed by atoms with Gasteiger partial charge in [-0.3, -0.25) is 14.2 Å². The van der Waals surface area contributed by atoms with E-state index in [0.29, 0.717) is 34.7 Å². The molecule has 3 heterocycles. The molecule has 0 spiro atoms. The van der Waals surface area contributed by atoms with Crippen molar-refractivity contribution < 1.29 is 32.2 Å². The Morgan fingerprint density at radius 3 is 2.48 bits per heavy atom. The van der Waals surface area contributed by atoms with Crippen LogP contribution in [0.25, 0.3) is 11.2 Å². The summed E-state index contributed by atoms with van der Waals surface area (Å²) >= 11 is 0. The summed E-state index contributed by atoms with van der Waals surface area (Å²) in [7, 11) is 5.17. The lowest BCUT2D eigenvalue weighted by atomic mass is 9.96. The van der Waals surface area contributed by atoms with Crippen LogP contribution in [0.4, 0.5) is 19.0 Å². The fourth-order valence-electron chi connectivity index (χ4n) is 4.86. The average molecular weight is 564 g/mol. The van der Waals surface area contributed by atoms with Gasteiger partial charge in [-0.25, -0.2) is 15.0 Å². The fourth-order valence-corrected chi connectivity index (χ4v) is 4.86. The molecule has 1 aliphatic rings. The van der Waals surface area contributed by atoms with Gasteiger partial charge in [-0.05, 0) is 24.1 Å². The Morgan fingerprint density at radius 2 is 1.88 bits per heavy atom. The van der Waals surface area contributed by atoms with Gasteiger partial charge in [0.1, 0.15) is 24.3 Å². The molecule has 2 amide bonds. The summed E-state index contributed by atoms with van der Waals surface area (Å²) in [6, 6.07) is 4.47. The van der Waals surface area contributed by atoms with E-state index < -0.39 is 42.4 Å². The molecule has 40 heavy (non-hydrogen) atoms. The number of benzene rings is 1. The van der Waals surface area contributed by atoms with Crippen molar-refractivity contribution in [1.82, 2.24) is 30.2 Å². The third kappa shape index (κ3) is 5.96. The second kappa shape index (κ2) is 11.7. The highest BCUT2D eigenvalue weighted by atomic mass is 19.4. The first-order valence-electron chi connectivity index (χ1n) is 12.8. The molecular weight excluding hydrogens is 531 g/mol. The van der Waals surface area contributed by atoms with Gasteiger partial charge in [0, 0.05) is 26.4 Å². The number of aromatic nitrogens is 4. The van der Waals surface area contributed by atoms with Crippen molar-refractivity contribution in [1.29, 1.82) is 0 Å². The van der Waals surface area contributed by atoms with Crippen LogP contribution in [0.3, 0.4) is 0 Å². The van der Waals surface area contributed by atoms with Crippen molar-refractivity contribution in [2.75, 3.05) is 26.1 Å². The molecule has 1 aromatic carbocycles. The summed E-state index contributed by atoms with van der Waals surface area (Å²) in [6.45, 7) is 3.76. The highest BCUT2D eigenvalue weighted by Gasteiger charge is 2.45. The van der Waals surface area contributed by atoms with Crippen molar-refractivity contribution in [3.63, 3.8) is 0 Å². The van der Waals surface area contributed by atoms with E-state index in [9.17, 15) is 22.8 Å². The second-order valence-corrected chi connectivity index (χ2v) is 9.86. The van der Waals surface area contributed by atoms with E-state index in [0.717, 1.165) is 0 Å². The maximum Gasteiger partial charge on any atom is 0.471 e. The number of alkyl halides is 3. The van der Waals surface area contributed by atoms with Crippen LogP contribution >= 0.6 is 0 Å². The minimum Gasteiger partial charge on any atom is -0.497 e. The Hall–Kier alpha value is -3.94. The number of hydrogen-bond donors (Lipinski definition) is 2. The number of imidazole rings is 1. The first kappa shape index (κ1) is 29.1. The molecule has 4 unspecified atom stereocenters. The number of carbonyl (C=O) groups is 2. The van der Waals surface area contributed by atoms with Crippen LogP contribution in [-0.2, 0) is 20.7 Å². The SMILES string of the molecule is CCC1OC(n2cnc3c(N(C)C)ncnc32)C(C)[C@H]1NC(=O)C(Cc1ccc(OC)cc1)NC(=O)C(F)(F)F. The van der Waals surface area contributed by atoms with E-state index in [1.165, 1.54) is 13.4 Å². The summed E-state index contributed by atoms with van der Waals surface area (Å²) in [5.41, 5.74) is 1.68. The number of methoxy groups -OCH3 is 1. The van der Waals surface area contributed by atoms with Crippen LogP contribution in [0.15, 0.2) is 36.9 Å². The smallest absolute Gasteiger partial charge is 0.471 e. The molecule has 0 radical (unpaired) electrons. The lowest BCUT2D eigenvalue weighted by Crippen LogP contribution is -2.55. The molecule has 0 bridgehead atoms. The molecule has 1 saturated heterocycles. The summed E-state index contributed by atoms with van der Waals surface area (Å²) in [6.07, 6.45) is -2.76. The summed E-state index contributed by atoms with van der Waals surface area (Å²) in [4.78, 5) is 40.1. The lowest BCUT2D eigenvalue weighted by molar-refractivity contribution is -0.174. The number of nitrogens with zero attached hydrogens (tertiary/aromatic N) is 5. The quantitative estimate of drug-likeness (QED) is 0.407. The van der Waals surface area contributed by atoms with Gasteiger partial charge >= 0.3 is 12.1 Å². The predicted octanol–water partition coefficient (Wildman–Crippen LogP) is 2.62. The van der Waals surface area contributed by atoms with E-state index in [4.69, 9.17) is 9.47 Å². The Labute approximate surface area is 229 Å². The normalized spacial score (nSPS) is 21.7. The molecule has 5 atom stereocenters. The van der Waals surface area contributed by atoms with Crippen molar-refractivity contribution in [2.24, 2.45) is 5.92 Å². The molecule has 0 aliphatic carbocycles. The number of carbonyl (C=O) groups excluding carboxylic acids is 2. The van der Waals surface area contributed by atoms with Gasteiger partial charge in [0.05, 0.1) is 25.6 Å². The summed E-state index contributed by atoms with van der Waals surface area (Å²) in [5.74, 6) is -2.08. The van der Waals surface area contributed by atoms with Crippen molar-refractivity contribution in [2.45, 2.75) is 57.3 Å². The first-order valence-corrected chi connectivity index (χ1v) is 12.8. The van der Waals surface area contributed by atoms with Gasteiger partial charge in [0.15, 0.2) is 17.0 Å². The molecule has 1 aliphatic heterocycles. The minimum atomic E-state index is -5.14. The Balaban J connectivity index is 1.57. The van der Waals surface area contributed by atoms with Gasteiger partial charge in [-0.15, -0.1) is 0 Å². The Bertz CT molecular complexity index is 1350. The van der Waals surface area contributed by atoms with Crippen molar-refractivity contribution in [3.05, 3.63) is 42.5 Å². The highest BCUT2D eigenvalue weighted by Crippen LogP contribution is 2.38. The molecule has 3 aromatic rings. The number of fused-ring (bicyclic) bond motifs is 1. The van der Waals surface area contributed by atoms with Gasteiger partial charge in [0.25, 0.3) is 0 Å². The summed E-state index contributed by atoms with van der Waals surface area (Å²) in [5, 5.41) is 4.70. The second-order valence-electron chi connectivity index (χ2n) is 9.86. The standard InChI is InChI=1S/C26H32F3N7O4/c1-6-18-19(14(2)24(40-18)36-13-32-20-21(35(3)4)30-12-31-22(20)36)34-23(37)17(33-25(38)26(27,28)29)11-15-7-9-16(39-5)10-8-15/h7-10,12-14,17-19,24H,6,11H2,1-5H3,(H,33,38)(H,34,37)/t14?,17?,18?,19-,24?/m1/s1. The third-order valence-electron chi connectivity index (χ3n) is 6.96. The van der Waals surface area contributed by atoms with Crippen LogP contribution in [0.2, 0.25) is 0 Å². The minimum absolute atomic E-state index is 0.157. The van der Waals surface area contributed by atoms with Crippen LogP contribution in [0.5, 0.6) is 5.75 Å². The van der Waals surface area contributed by atoms with E-state index >= 15 is 0 Å². The first-order chi connectivity index (χ1) is 18.9. The lowest BCUT2D eigenvalue weighted by Gasteiger charge is -2.26. The number of ether oxygens (including phenoxy) is 2. The van der Waals surface area contributed by atoms with Crippen LogP contribution in [-0.4, -0.2) is 76.9 Å². The summed E-state index contributed by atoms with van der Waals surface area (Å²) < 4.78 is 52.5. The van der Waals surface area contributed by atoms with Gasteiger partial charge in [-0.1, -0.05) is 26.0 Å². The van der Waals surface area contributed by atoms with Gasteiger partial charge in [-0.2, -0.15) is 13.2 Å². The third-order valence-corrected chi connectivity index (χ3v) is 6.96. The van der Waals surface area contributed by atoms with Crippen molar-refractivity contribution in [3.8, 4) is 5.75 Å². The predicted molar refractivity (Wildman–Crippen MR) is 140 cm³/mol. The molecule has 1 fully saturated rings. The van der Waals surface area contributed by atoms with E-state index in [-0.39, 0.29) is 12.3 Å².